The largest absolute Gasteiger partial charge is 0.349 e. The highest BCUT2D eigenvalue weighted by Crippen LogP contribution is 2.26. The summed E-state index contributed by atoms with van der Waals surface area (Å²) < 4.78 is 16.8. The summed E-state index contributed by atoms with van der Waals surface area (Å²) in [6, 6.07) is 11.7. The lowest BCUT2D eigenvalue weighted by molar-refractivity contribution is 0.0938. The van der Waals surface area contributed by atoms with Gasteiger partial charge in [-0.2, -0.15) is 0 Å². The maximum atomic E-state index is 13.3. The molecule has 9 heteroatoms. The smallest absolute Gasteiger partial charge is 0.262 e. The first kappa shape index (κ1) is 22.6. The second-order valence-electron chi connectivity index (χ2n) is 8.68. The normalized spacial score (nSPS) is 14.3. The summed E-state index contributed by atoms with van der Waals surface area (Å²) in [7, 11) is 0. The number of aromatic nitrogens is 4. The Bertz CT molecular complexity index is 1410. The zero-order valence-corrected chi connectivity index (χ0v) is 19.8. The fraction of sp³-hybridized carbons (Fsp3) is 0.360. The number of hydrogen-bond donors (Lipinski definition) is 1. The average molecular weight is 480 g/mol. The van der Waals surface area contributed by atoms with Crippen LogP contribution in [0.3, 0.4) is 0 Å². The van der Waals surface area contributed by atoms with Gasteiger partial charge in [-0.1, -0.05) is 43.7 Å². The van der Waals surface area contributed by atoms with Crippen LogP contribution in [0.15, 0.2) is 52.4 Å². The van der Waals surface area contributed by atoms with Crippen LogP contribution in [-0.4, -0.2) is 31.1 Å². The van der Waals surface area contributed by atoms with Gasteiger partial charge in [0, 0.05) is 23.9 Å². The Kier molecular flexibility index (Phi) is 6.36. The summed E-state index contributed by atoms with van der Waals surface area (Å²) in [5, 5.41) is 12.9. The summed E-state index contributed by atoms with van der Waals surface area (Å²) in [5.74, 6) is 0.611. The van der Waals surface area contributed by atoms with Crippen LogP contribution in [0.25, 0.3) is 16.7 Å². The van der Waals surface area contributed by atoms with Gasteiger partial charge in [0.1, 0.15) is 5.82 Å². The first-order valence-electron chi connectivity index (χ1n) is 11.6. The molecule has 1 aliphatic rings. The third kappa shape index (κ3) is 4.32. The van der Waals surface area contributed by atoms with Gasteiger partial charge >= 0.3 is 0 Å². The van der Waals surface area contributed by atoms with Gasteiger partial charge < -0.3 is 5.32 Å². The molecule has 0 bridgehead atoms. The third-order valence-corrected chi connectivity index (χ3v) is 7.25. The molecule has 7 nitrogen and oxygen atoms in total. The molecule has 2 aromatic heterocycles. The molecular weight excluding hydrogens is 453 g/mol. The number of amides is 1. The minimum atomic E-state index is -0.278. The molecule has 4 aromatic rings. The van der Waals surface area contributed by atoms with E-state index in [2.05, 4.69) is 15.5 Å². The minimum Gasteiger partial charge on any atom is -0.349 e. The summed E-state index contributed by atoms with van der Waals surface area (Å²) >= 11 is 1.45. The number of hydrogen-bond acceptors (Lipinski definition) is 5. The van der Waals surface area contributed by atoms with Gasteiger partial charge in [0.2, 0.25) is 5.78 Å². The number of carbonyl (C=O) groups is 1. The number of aryl methyl sites for hydroxylation is 1. The van der Waals surface area contributed by atoms with Crippen LogP contribution in [0.4, 0.5) is 4.39 Å². The van der Waals surface area contributed by atoms with E-state index in [1.165, 1.54) is 23.9 Å². The lowest BCUT2D eigenvalue weighted by atomic mass is 10.1. The maximum Gasteiger partial charge on any atom is 0.262 e. The van der Waals surface area contributed by atoms with E-state index in [1.807, 2.05) is 11.3 Å². The monoisotopic (exact) mass is 479 g/mol. The highest BCUT2D eigenvalue weighted by atomic mass is 32.2. The topological polar surface area (TPSA) is 81.3 Å². The standard InChI is InChI=1S/C25H26FN5O2S/c1-2-13-30-23(33)20-12-9-17(22(32)27-19-5-3-4-6-19)14-21(20)31-24(30)28-29-25(31)34-15-16-7-10-18(26)11-8-16/h7-12,14,19H,2-6,13,15H2,1H3,(H,27,32). The number of halogens is 1. The van der Waals surface area contributed by atoms with Crippen LogP contribution >= 0.6 is 11.8 Å². The van der Waals surface area contributed by atoms with E-state index in [0.29, 0.717) is 39.7 Å². The van der Waals surface area contributed by atoms with Crippen molar-refractivity contribution in [2.75, 3.05) is 0 Å². The lowest BCUT2D eigenvalue weighted by Crippen LogP contribution is -2.32. The first-order valence-corrected chi connectivity index (χ1v) is 12.6. The Labute approximate surface area is 200 Å². The molecular formula is C25H26FN5O2S. The minimum absolute atomic E-state index is 0.131. The van der Waals surface area contributed by atoms with Gasteiger partial charge in [0.15, 0.2) is 5.16 Å². The van der Waals surface area contributed by atoms with Crippen molar-refractivity contribution in [1.29, 1.82) is 0 Å². The second kappa shape index (κ2) is 9.58. The van der Waals surface area contributed by atoms with E-state index in [-0.39, 0.29) is 23.3 Å². The predicted molar refractivity (Wildman–Crippen MR) is 131 cm³/mol. The van der Waals surface area contributed by atoms with E-state index in [1.54, 1.807) is 34.9 Å². The third-order valence-electron chi connectivity index (χ3n) is 6.25. The molecule has 1 saturated carbocycles. The van der Waals surface area contributed by atoms with Gasteiger partial charge in [-0.3, -0.25) is 18.6 Å². The van der Waals surface area contributed by atoms with E-state index in [0.717, 1.165) is 37.7 Å². The zero-order valence-electron chi connectivity index (χ0n) is 19.0. The number of fused-ring (bicyclic) bond motifs is 3. The van der Waals surface area contributed by atoms with Gasteiger partial charge in [-0.15, -0.1) is 10.2 Å². The lowest BCUT2D eigenvalue weighted by Gasteiger charge is -2.14. The molecule has 34 heavy (non-hydrogen) atoms. The number of carbonyl (C=O) groups excluding carboxylic acids is 1. The molecule has 1 aliphatic carbocycles. The Morgan fingerprint density at radius 3 is 2.65 bits per heavy atom. The Morgan fingerprint density at radius 1 is 1.15 bits per heavy atom. The van der Waals surface area contributed by atoms with E-state index in [4.69, 9.17) is 0 Å². The van der Waals surface area contributed by atoms with Gasteiger partial charge in [-0.25, -0.2) is 4.39 Å². The van der Waals surface area contributed by atoms with Crippen molar-refractivity contribution in [2.45, 2.75) is 62.5 Å². The summed E-state index contributed by atoms with van der Waals surface area (Å²) in [5.41, 5.74) is 1.93. The molecule has 5 rings (SSSR count). The van der Waals surface area contributed by atoms with Crippen molar-refractivity contribution in [2.24, 2.45) is 0 Å². The first-order chi connectivity index (χ1) is 16.5. The SMILES string of the molecule is CCCn1c(=O)c2ccc(C(=O)NC3CCCC3)cc2n2c(SCc3ccc(F)cc3)nnc12. The highest BCUT2D eigenvalue weighted by molar-refractivity contribution is 7.98. The number of nitrogens with one attached hydrogen (secondary N) is 1. The average Bonchev–Trinajstić information content (AvgIpc) is 3.51. The van der Waals surface area contributed by atoms with Crippen molar-refractivity contribution in [3.8, 4) is 0 Å². The quantitative estimate of drug-likeness (QED) is 0.393. The van der Waals surface area contributed by atoms with Crippen LogP contribution in [0.5, 0.6) is 0 Å². The Hall–Kier alpha value is -3.20. The van der Waals surface area contributed by atoms with Gasteiger partial charge in [-0.05, 0) is 55.2 Å². The predicted octanol–water partition coefficient (Wildman–Crippen LogP) is 4.56. The number of nitrogens with zero attached hydrogens (tertiary/aromatic N) is 4. The van der Waals surface area contributed by atoms with Crippen molar-refractivity contribution < 1.29 is 9.18 Å². The van der Waals surface area contributed by atoms with Crippen molar-refractivity contribution in [1.82, 2.24) is 24.5 Å². The number of rotatable bonds is 7. The zero-order chi connectivity index (χ0) is 23.7. The van der Waals surface area contributed by atoms with Crippen LogP contribution < -0.4 is 10.9 Å². The fourth-order valence-electron chi connectivity index (χ4n) is 4.51. The fourth-order valence-corrected chi connectivity index (χ4v) is 5.40. The molecule has 1 fully saturated rings. The molecule has 1 N–H and O–H groups in total. The number of benzene rings is 2. The molecule has 1 amide bonds. The molecule has 0 unspecified atom stereocenters. The van der Waals surface area contributed by atoms with Crippen LogP contribution in [-0.2, 0) is 12.3 Å². The van der Waals surface area contributed by atoms with Crippen molar-refractivity contribution in [3.63, 3.8) is 0 Å². The molecule has 0 atom stereocenters. The van der Waals surface area contributed by atoms with Crippen LogP contribution in [0.1, 0.15) is 54.9 Å². The number of thioether (sulfide) groups is 1. The van der Waals surface area contributed by atoms with Crippen molar-refractivity contribution >= 4 is 34.3 Å². The maximum absolute atomic E-state index is 13.3. The van der Waals surface area contributed by atoms with Gasteiger partial charge in [0.25, 0.3) is 11.5 Å². The molecule has 0 saturated heterocycles. The van der Waals surface area contributed by atoms with Gasteiger partial charge in [0.05, 0.1) is 10.9 Å². The van der Waals surface area contributed by atoms with Crippen molar-refractivity contribution in [3.05, 3.63) is 69.8 Å². The Balaban J connectivity index is 1.58. The van der Waals surface area contributed by atoms with Crippen LogP contribution in [0.2, 0.25) is 0 Å². The molecule has 0 spiro atoms. The summed E-state index contributed by atoms with van der Waals surface area (Å²) in [4.78, 5) is 26.2. The molecule has 0 radical (unpaired) electrons. The Morgan fingerprint density at radius 2 is 1.91 bits per heavy atom. The van der Waals surface area contributed by atoms with E-state index < -0.39 is 0 Å². The second-order valence-corrected chi connectivity index (χ2v) is 9.62. The molecule has 2 heterocycles. The molecule has 2 aromatic carbocycles. The van der Waals surface area contributed by atoms with E-state index in [9.17, 15) is 14.0 Å². The van der Waals surface area contributed by atoms with E-state index >= 15 is 0 Å². The highest BCUT2D eigenvalue weighted by Gasteiger charge is 2.21. The van der Waals surface area contributed by atoms with Crippen LogP contribution in [0, 0.1) is 5.82 Å². The summed E-state index contributed by atoms with van der Waals surface area (Å²) in [6.45, 7) is 2.52. The molecule has 176 valence electrons. The molecule has 0 aliphatic heterocycles. The summed E-state index contributed by atoms with van der Waals surface area (Å²) in [6.07, 6.45) is 5.04.